The predicted octanol–water partition coefficient (Wildman–Crippen LogP) is 2.46. The lowest BCUT2D eigenvalue weighted by Crippen LogP contribution is -2.18. The Morgan fingerprint density at radius 1 is 1.52 bits per heavy atom. The van der Waals surface area contributed by atoms with Gasteiger partial charge in [0.25, 0.3) is 5.91 Å². The van der Waals surface area contributed by atoms with Crippen LogP contribution in [0.1, 0.15) is 16.9 Å². The molecule has 2 rings (SSSR count). The molecule has 0 aliphatic carbocycles. The van der Waals surface area contributed by atoms with Crippen LogP contribution in [0.5, 0.6) is 0 Å². The maximum Gasteiger partial charge on any atom is 0.354 e. The van der Waals surface area contributed by atoms with E-state index in [2.05, 4.69) is 26.6 Å². The number of amides is 1. The molecule has 0 saturated carbocycles. The number of hydrogen-bond donors (Lipinski definition) is 2. The normalized spacial score (nSPS) is 10.3. The van der Waals surface area contributed by atoms with Crippen LogP contribution in [-0.2, 0) is 14.3 Å². The quantitative estimate of drug-likeness (QED) is 0.439. The lowest BCUT2D eigenvalue weighted by atomic mass is 10.2. The van der Waals surface area contributed by atoms with Crippen molar-refractivity contribution in [3.8, 4) is 11.3 Å². The zero-order chi connectivity index (χ0) is 16.7. The van der Waals surface area contributed by atoms with Crippen molar-refractivity contribution in [3.63, 3.8) is 0 Å². The lowest BCUT2D eigenvalue weighted by molar-refractivity contribution is -0.120. The molecular formula is C15H17N3O4S. The first-order valence-electron chi connectivity index (χ1n) is 6.85. The summed E-state index contributed by atoms with van der Waals surface area (Å²) in [6, 6.07) is 1.64. The molecule has 0 aliphatic heterocycles. The molecule has 2 heterocycles. The third-order valence-corrected chi connectivity index (χ3v) is 3.59. The molecule has 0 spiro atoms. The number of carbonyl (C=O) groups is 2. The number of carbonyl (C=O) groups excluding carboxylic acids is 2. The molecule has 1 amide bonds. The molecule has 0 unspecified atom stereocenters. The third-order valence-electron chi connectivity index (χ3n) is 2.83. The number of nitrogens with one attached hydrogen (secondary N) is 2. The maximum absolute atomic E-state index is 11.7. The summed E-state index contributed by atoms with van der Waals surface area (Å²) < 4.78 is 9.81. The van der Waals surface area contributed by atoms with Crippen LogP contribution in [-0.4, -0.2) is 42.2 Å². The molecule has 0 fully saturated rings. The summed E-state index contributed by atoms with van der Waals surface area (Å²) in [6.45, 7) is 4.00. The Hall–Kier alpha value is -2.45. The molecule has 23 heavy (non-hydrogen) atoms. The van der Waals surface area contributed by atoms with Crippen molar-refractivity contribution in [1.29, 1.82) is 0 Å². The van der Waals surface area contributed by atoms with Crippen LogP contribution >= 0.6 is 11.3 Å². The number of anilines is 1. The number of esters is 1. The number of rotatable bonds is 8. The topological polar surface area (TPSA) is 93.3 Å². The molecule has 0 aromatic carbocycles. The number of H-pyrrole nitrogens is 1. The summed E-state index contributed by atoms with van der Waals surface area (Å²) in [5.41, 5.74) is 1.74. The third kappa shape index (κ3) is 4.76. The van der Waals surface area contributed by atoms with Crippen LogP contribution < -0.4 is 5.32 Å². The molecule has 122 valence electrons. The Labute approximate surface area is 137 Å². The van der Waals surface area contributed by atoms with Gasteiger partial charge in [-0.1, -0.05) is 6.08 Å². The first-order valence-corrected chi connectivity index (χ1v) is 7.73. The highest BCUT2D eigenvalue weighted by molar-refractivity contribution is 7.14. The lowest BCUT2D eigenvalue weighted by Gasteiger charge is -2.02. The number of thiazole rings is 1. The Balaban J connectivity index is 1.92. The number of ether oxygens (including phenoxy) is 2. The summed E-state index contributed by atoms with van der Waals surface area (Å²) in [7, 11) is 1.32. The van der Waals surface area contributed by atoms with Crippen molar-refractivity contribution in [2.45, 2.75) is 6.42 Å². The molecule has 0 aliphatic rings. The van der Waals surface area contributed by atoms with E-state index in [1.807, 2.05) is 0 Å². The van der Waals surface area contributed by atoms with E-state index in [-0.39, 0.29) is 12.5 Å². The van der Waals surface area contributed by atoms with Crippen LogP contribution in [0.2, 0.25) is 0 Å². The van der Waals surface area contributed by atoms with E-state index in [0.29, 0.717) is 29.5 Å². The van der Waals surface area contributed by atoms with Gasteiger partial charge in [0.05, 0.1) is 19.4 Å². The standard InChI is InChI=1S/C15H17N3O4S/c1-3-4-5-22-8-13(19)18-15-17-12(9-23-15)10-6-11(16-7-10)14(20)21-2/h3,6-7,9,16H,1,4-5,8H2,2H3,(H,17,18,19). The highest BCUT2D eigenvalue weighted by Gasteiger charge is 2.12. The average Bonchev–Trinajstić information content (AvgIpc) is 3.19. The van der Waals surface area contributed by atoms with Crippen molar-refractivity contribution in [2.75, 3.05) is 25.6 Å². The van der Waals surface area contributed by atoms with Crippen LogP contribution in [0.15, 0.2) is 30.3 Å². The minimum Gasteiger partial charge on any atom is -0.464 e. The SMILES string of the molecule is C=CCCOCC(=O)Nc1nc(-c2c[nH]c(C(=O)OC)c2)cs1. The van der Waals surface area contributed by atoms with Crippen LogP contribution in [0.25, 0.3) is 11.3 Å². The van der Waals surface area contributed by atoms with Crippen molar-refractivity contribution < 1.29 is 19.1 Å². The number of nitrogens with zero attached hydrogens (tertiary/aromatic N) is 1. The number of aromatic amines is 1. The first-order chi connectivity index (χ1) is 11.1. The average molecular weight is 335 g/mol. The minimum atomic E-state index is -0.448. The van der Waals surface area contributed by atoms with Gasteiger partial charge in [0.2, 0.25) is 0 Å². The molecule has 0 saturated heterocycles. The van der Waals surface area contributed by atoms with E-state index in [0.717, 1.165) is 5.56 Å². The number of methoxy groups -OCH3 is 1. The Bertz CT molecular complexity index is 692. The summed E-state index contributed by atoms with van der Waals surface area (Å²) >= 11 is 1.29. The number of hydrogen-bond acceptors (Lipinski definition) is 6. The molecule has 2 aromatic heterocycles. The molecule has 8 heteroatoms. The smallest absolute Gasteiger partial charge is 0.354 e. The monoisotopic (exact) mass is 335 g/mol. The minimum absolute atomic E-state index is 0.0284. The largest absolute Gasteiger partial charge is 0.464 e. The van der Waals surface area contributed by atoms with Gasteiger partial charge >= 0.3 is 5.97 Å². The Kier molecular flexibility index (Phi) is 6.07. The second-order valence-corrected chi connectivity index (χ2v) is 5.37. The molecule has 0 radical (unpaired) electrons. The zero-order valence-electron chi connectivity index (χ0n) is 12.6. The van der Waals surface area contributed by atoms with E-state index in [4.69, 9.17) is 4.74 Å². The molecule has 7 nitrogen and oxygen atoms in total. The van der Waals surface area contributed by atoms with Gasteiger partial charge in [-0.25, -0.2) is 9.78 Å². The van der Waals surface area contributed by atoms with Gasteiger partial charge in [-0.05, 0) is 12.5 Å². The second-order valence-electron chi connectivity index (χ2n) is 4.51. The van der Waals surface area contributed by atoms with Gasteiger partial charge in [0.1, 0.15) is 12.3 Å². The van der Waals surface area contributed by atoms with Crippen molar-refractivity contribution in [2.24, 2.45) is 0 Å². The van der Waals surface area contributed by atoms with Gasteiger partial charge in [-0.15, -0.1) is 17.9 Å². The van der Waals surface area contributed by atoms with E-state index >= 15 is 0 Å². The van der Waals surface area contributed by atoms with Crippen LogP contribution in [0, 0.1) is 0 Å². The first kappa shape index (κ1) is 16.9. The Morgan fingerprint density at radius 3 is 3.09 bits per heavy atom. The summed E-state index contributed by atoms with van der Waals surface area (Å²) in [5, 5.41) is 4.93. The fourth-order valence-corrected chi connectivity index (χ4v) is 2.46. The predicted molar refractivity (Wildman–Crippen MR) is 87.5 cm³/mol. The van der Waals surface area contributed by atoms with Gasteiger partial charge in [0.15, 0.2) is 5.13 Å². The van der Waals surface area contributed by atoms with E-state index in [1.165, 1.54) is 18.4 Å². The van der Waals surface area contributed by atoms with Crippen LogP contribution in [0.4, 0.5) is 5.13 Å². The highest BCUT2D eigenvalue weighted by Crippen LogP contribution is 2.25. The fraction of sp³-hybridized carbons (Fsp3) is 0.267. The summed E-state index contributed by atoms with van der Waals surface area (Å²) in [6.07, 6.45) is 4.08. The highest BCUT2D eigenvalue weighted by atomic mass is 32.1. The second kappa shape index (κ2) is 8.25. The van der Waals surface area contributed by atoms with E-state index in [9.17, 15) is 9.59 Å². The summed E-state index contributed by atoms with van der Waals surface area (Å²) in [4.78, 5) is 30.2. The molecule has 2 aromatic rings. The molecule has 0 atom stereocenters. The fourth-order valence-electron chi connectivity index (χ4n) is 1.72. The van der Waals surface area contributed by atoms with Gasteiger partial charge < -0.3 is 14.5 Å². The van der Waals surface area contributed by atoms with Crippen molar-refractivity contribution >= 4 is 28.3 Å². The maximum atomic E-state index is 11.7. The molecule has 2 N–H and O–H groups in total. The van der Waals surface area contributed by atoms with E-state index < -0.39 is 5.97 Å². The Morgan fingerprint density at radius 2 is 2.35 bits per heavy atom. The number of aromatic nitrogens is 2. The molecule has 0 bridgehead atoms. The van der Waals surface area contributed by atoms with Gasteiger partial charge in [-0.3, -0.25) is 10.1 Å². The van der Waals surface area contributed by atoms with E-state index in [1.54, 1.807) is 23.7 Å². The molecular weight excluding hydrogens is 318 g/mol. The van der Waals surface area contributed by atoms with Crippen molar-refractivity contribution in [3.05, 3.63) is 36.0 Å². The van der Waals surface area contributed by atoms with Crippen LogP contribution in [0.3, 0.4) is 0 Å². The van der Waals surface area contributed by atoms with Gasteiger partial charge in [0, 0.05) is 17.1 Å². The summed E-state index contributed by atoms with van der Waals surface area (Å²) in [5.74, 6) is -0.712. The van der Waals surface area contributed by atoms with Crippen molar-refractivity contribution in [1.82, 2.24) is 9.97 Å². The van der Waals surface area contributed by atoms with Gasteiger partial charge in [-0.2, -0.15) is 0 Å². The zero-order valence-corrected chi connectivity index (χ0v) is 13.4.